The molecule has 1 amide bonds. The van der Waals surface area contributed by atoms with Crippen LogP contribution in [0.5, 0.6) is 0 Å². The molecule has 0 unspecified atom stereocenters. The molecule has 4 nitrogen and oxygen atoms in total. The number of benzene rings is 2. The smallest absolute Gasteiger partial charge is 0.330 e. The van der Waals surface area contributed by atoms with Gasteiger partial charge < -0.3 is 10.4 Å². The zero-order valence-corrected chi connectivity index (χ0v) is 12.0. The Kier molecular flexibility index (Phi) is 4.53. The van der Waals surface area contributed by atoms with Crippen LogP contribution in [-0.4, -0.2) is 17.0 Å². The molecular weight excluding hydrogens is 322 g/mol. The molecular formula is C15H12BrNO3. The van der Waals surface area contributed by atoms with E-state index < -0.39 is 17.9 Å². The summed E-state index contributed by atoms with van der Waals surface area (Å²) in [5.41, 5.74) is 0.945. The topological polar surface area (TPSA) is 66.4 Å². The molecule has 0 aromatic heterocycles. The number of rotatable bonds is 4. The third-order valence-electron chi connectivity index (χ3n) is 2.76. The van der Waals surface area contributed by atoms with Crippen LogP contribution in [0.1, 0.15) is 22.0 Å². The first-order valence-electron chi connectivity index (χ1n) is 5.92. The summed E-state index contributed by atoms with van der Waals surface area (Å²) >= 11 is 3.28. The largest absolute Gasteiger partial charge is 0.479 e. The molecule has 0 spiro atoms. The highest BCUT2D eigenvalue weighted by Gasteiger charge is 2.22. The van der Waals surface area contributed by atoms with Crippen molar-refractivity contribution in [3.05, 3.63) is 70.2 Å². The average molecular weight is 334 g/mol. The molecule has 0 fully saturated rings. The predicted molar refractivity (Wildman–Crippen MR) is 78.4 cm³/mol. The number of nitrogens with one attached hydrogen (secondary N) is 1. The van der Waals surface area contributed by atoms with E-state index in [2.05, 4.69) is 21.2 Å². The summed E-state index contributed by atoms with van der Waals surface area (Å²) in [7, 11) is 0. The molecule has 2 aromatic carbocycles. The lowest BCUT2D eigenvalue weighted by Gasteiger charge is -2.14. The number of amides is 1. The fraction of sp³-hybridized carbons (Fsp3) is 0.0667. The molecule has 0 aliphatic heterocycles. The molecule has 0 saturated heterocycles. The predicted octanol–water partition coefficient (Wildman–Crippen LogP) is 3.00. The van der Waals surface area contributed by atoms with Crippen molar-refractivity contribution in [2.75, 3.05) is 0 Å². The van der Waals surface area contributed by atoms with Crippen LogP contribution in [0.25, 0.3) is 0 Å². The molecule has 5 heteroatoms. The van der Waals surface area contributed by atoms with Gasteiger partial charge in [0.05, 0.1) is 0 Å². The Morgan fingerprint density at radius 3 is 2.15 bits per heavy atom. The van der Waals surface area contributed by atoms with Crippen molar-refractivity contribution in [1.82, 2.24) is 5.32 Å². The second-order valence-corrected chi connectivity index (χ2v) is 5.08. The molecule has 1 atom stereocenters. The van der Waals surface area contributed by atoms with Crippen LogP contribution in [0.2, 0.25) is 0 Å². The van der Waals surface area contributed by atoms with E-state index in [9.17, 15) is 14.7 Å². The van der Waals surface area contributed by atoms with Gasteiger partial charge in [-0.25, -0.2) is 4.79 Å². The van der Waals surface area contributed by atoms with Crippen LogP contribution in [0, 0.1) is 0 Å². The summed E-state index contributed by atoms with van der Waals surface area (Å²) in [6.45, 7) is 0. The van der Waals surface area contributed by atoms with Crippen molar-refractivity contribution in [2.45, 2.75) is 6.04 Å². The zero-order chi connectivity index (χ0) is 14.5. The number of hydrogen-bond donors (Lipinski definition) is 2. The third-order valence-corrected chi connectivity index (χ3v) is 3.29. The van der Waals surface area contributed by atoms with Crippen LogP contribution in [0.4, 0.5) is 0 Å². The minimum atomic E-state index is -1.10. The van der Waals surface area contributed by atoms with Gasteiger partial charge in [-0.05, 0) is 29.8 Å². The summed E-state index contributed by atoms with van der Waals surface area (Å²) in [4.78, 5) is 23.4. The Bertz CT molecular complexity index is 611. The van der Waals surface area contributed by atoms with Gasteiger partial charge in [0.2, 0.25) is 0 Å². The van der Waals surface area contributed by atoms with Gasteiger partial charge in [-0.1, -0.05) is 46.3 Å². The lowest BCUT2D eigenvalue weighted by Crippen LogP contribution is -2.33. The number of carbonyl (C=O) groups is 2. The van der Waals surface area contributed by atoms with Gasteiger partial charge in [0, 0.05) is 10.0 Å². The van der Waals surface area contributed by atoms with E-state index in [-0.39, 0.29) is 0 Å². The SMILES string of the molecule is O=C(N[C@@H](C(=O)O)c1ccccc1)c1ccc(Br)cc1. The average Bonchev–Trinajstić information content (AvgIpc) is 2.46. The van der Waals surface area contributed by atoms with Crippen LogP contribution in [-0.2, 0) is 4.79 Å². The van der Waals surface area contributed by atoms with E-state index in [0.29, 0.717) is 11.1 Å². The maximum atomic E-state index is 12.1. The van der Waals surface area contributed by atoms with E-state index in [1.807, 2.05) is 0 Å². The van der Waals surface area contributed by atoms with E-state index >= 15 is 0 Å². The molecule has 0 aliphatic carbocycles. The van der Waals surface area contributed by atoms with Crippen molar-refractivity contribution in [3.63, 3.8) is 0 Å². The Labute approximate surface area is 124 Å². The fourth-order valence-corrected chi connectivity index (χ4v) is 2.01. The number of halogens is 1. The van der Waals surface area contributed by atoms with Crippen molar-refractivity contribution >= 4 is 27.8 Å². The molecule has 0 aliphatic rings. The molecule has 0 saturated carbocycles. The molecule has 0 bridgehead atoms. The number of hydrogen-bond acceptors (Lipinski definition) is 2. The maximum absolute atomic E-state index is 12.1. The maximum Gasteiger partial charge on any atom is 0.330 e. The zero-order valence-electron chi connectivity index (χ0n) is 10.4. The quantitative estimate of drug-likeness (QED) is 0.903. The summed E-state index contributed by atoms with van der Waals surface area (Å²) < 4.78 is 0.854. The highest BCUT2D eigenvalue weighted by Crippen LogP contribution is 2.15. The van der Waals surface area contributed by atoms with Crippen molar-refractivity contribution < 1.29 is 14.7 Å². The van der Waals surface area contributed by atoms with Gasteiger partial charge in [-0.15, -0.1) is 0 Å². The van der Waals surface area contributed by atoms with Crippen LogP contribution in [0.15, 0.2) is 59.1 Å². The number of carbonyl (C=O) groups excluding carboxylic acids is 1. The number of carboxylic acids is 1. The first-order valence-corrected chi connectivity index (χ1v) is 6.71. The molecule has 0 heterocycles. The minimum Gasteiger partial charge on any atom is -0.479 e. The van der Waals surface area contributed by atoms with Gasteiger partial charge in [0.15, 0.2) is 6.04 Å². The molecule has 20 heavy (non-hydrogen) atoms. The number of carboxylic acid groups (broad SMARTS) is 1. The van der Waals surface area contributed by atoms with E-state index in [0.717, 1.165) is 4.47 Å². The summed E-state index contributed by atoms with van der Waals surface area (Å²) in [5, 5.41) is 11.8. The lowest BCUT2D eigenvalue weighted by atomic mass is 10.1. The highest BCUT2D eigenvalue weighted by molar-refractivity contribution is 9.10. The minimum absolute atomic E-state index is 0.412. The Balaban J connectivity index is 2.19. The van der Waals surface area contributed by atoms with Crippen LogP contribution < -0.4 is 5.32 Å². The second kappa shape index (κ2) is 6.34. The van der Waals surface area contributed by atoms with Gasteiger partial charge in [-0.3, -0.25) is 4.79 Å². The number of aliphatic carboxylic acids is 1. The monoisotopic (exact) mass is 333 g/mol. The molecule has 0 radical (unpaired) electrons. The van der Waals surface area contributed by atoms with Gasteiger partial charge >= 0.3 is 5.97 Å². The fourth-order valence-electron chi connectivity index (χ4n) is 1.75. The Morgan fingerprint density at radius 2 is 1.60 bits per heavy atom. The Hall–Kier alpha value is -2.14. The van der Waals surface area contributed by atoms with Crippen molar-refractivity contribution in [2.24, 2.45) is 0 Å². The van der Waals surface area contributed by atoms with Gasteiger partial charge in [-0.2, -0.15) is 0 Å². The molecule has 102 valence electrons. The van der Waals surface area contributed by atoms with Crippen LogP contribution in [0.3, 0.4) is 0 Å². The molecule has 2 aromatic rings. The van der Waals surface area contributed by atoms with E-state index in [4.69, 9.17) is 0 Å². The first kappa shape index (κ1) is 14.3. The van der Waals surface area contributed by atoms with E-state index in [1.165, 1.54) is 0 Å². The van der Waals surface area contributed by atoms with Gasteiger partial charge in [0.25, 0.3) is 5.91 Å². The third kappa shape index (κ3) is 3.45. The molecule has 2 rings (SSSR count). The van der Waals surface area contributed by atoms with Crippen molar-refractivity contribution in [3.8, 4) is 0 Å². The van der Waals surface area contributed by atoms with Gasteiger partial charge in [0.1, 0.15) is 0 Å². The second-order valence-electron chi connectivity index (χ2n) is 4.16. The summed E-state index contributed by atoms with van der Waals surface area (Å²) in [6, 6.07) is 14.2. The van der Waals surface area contributed by atoms with E-state index in [1.54, 1.807) is 54.6 Å². The van der Waals surface area contributed by atoms with Crippen LogP contribution >= 0.6 is 15.9 Å². The highest BCUT2D eigenvalue weighted by atomic mass is 79.9. The van der Waals surface area contributed by atoms with Crippen molar-refractivity contribution in [1.29, 1.82) is 0 Å². The normalized spacial score (nSPS) is 11.7. The standard InChI is InChI=1S/C15H12BrNO3/c16-12-8-6-11(7-9-12)14(18)17-13(15(19)20)10-4-2-1-3-5-10/h1-9,13H,(H,17,18)(H,19,20)/t13-/m1/s1. The lowest BCUT2D eigenvalue weighted by molar-refractivity contribution is -0.139. The Morgan fingerprint density at radius 1 is 1.00 bits per heavy atom. The summed E-state index contributed by atoms with van der Waals surface area (Å²) in [5.74, 6) is -1.52. The molecule has 2 N–H and O–H groups in total. The summed E-state index contributed by atoms with van der Waals surface area (Å²) in [6.07, 6.45) is 0. The first-order chi connectivity index (χ1) is 9.58.